The van der Waals surface area contributed by atoms with Crippen LogP contribution in [-0.4, -0.2) is 69.5 Å². The van der Waals surface area contributed by atoms with Gasteiger partial charge >= 0.3 is 0 Å². The topological polar surface area (TPSA) is 76.2 Å². The molecule has 1 unspecified atom stereocenters. The molecule has 31 heavy (non-hydrogen) atoms. The Hall–Kier alpha value is -2.13. The van der Waals surface area contributed by atoms with Crippen LogP contribution in [0.3, 0.4) is 0 Å². The molecule has 166 valence electrons. The molecule has 0 saturated carbocycles. The van der Waals surface area contributed by atoms with Gasteiger partial charge in [0.15, 0.2) is 6.61 Å². The normalized spacial score (nSPS) is 20.0. The molecule has 1 amide bonds. The lowest BCUT2D eigenvalue weighted by Gasteiger charge is -2.27. The van der Waals surface area contributed by atoms with E-state index in [0.717, 1.165) is 12.0 Å². The Labute approximate surface area is 187 Å². The summed E-state index contributed by atoms with van der Waals surface area (Å²) in [6.45, 7) is 2.56. The van der Waals surface area contributed by atoms with Crippen LogP contribution in [0, 0.1) is 0 Å². The lowest BCUT2D eigenvalue weighted by molar-refractivity contribution is -0.137. The van der Waals surface area contributed by atoms with Crippen molar-refractivity contribution < 1.29 is 22.7 Å². The van der Waals surface area contributed by atoms with Crippen molar-refractivity contribution in [2.45, 2.75) is 17.2 Å². The van der Waals surface area contributed by atoms with Gasteiger partial charge in [-0.15, -0.1) is 0 Å². The van der Waals surface area contributed by atoms with Crippen molar-refractivity contribution in [1.82, 2.24) is 9.21 Å². The van der Waals surface area contributed by atoms with Gasteiger partial charge in [-0.3, -0.25) is 4.79 Å². The predicted molar refractivity (Wildman–Crippen MR) is 117 cm³/mol. The van der Waals surface area contributed by atoms with Crippen molar-refractivity contribution in [2.24, 2.45) is 0 Å². The largest absolute Gasteiger partial charge is 0.482 e. The molecule has 2 heterocycles. The van der Waals surface area contributed by atoms with E-state index in [1.165, 1.54) is 16.4 Å². The Balaban J connectivity index is 1.50. The molecular formula is C22H25ClN2O5S. The fourth-order valence-electron chi connectivity index (χ4n) is 3.93. The van der Waals surface area contributed by atoms with Crippen molar-refractivity contribution in [3.8, 4) is 5.75 Å². The Kier molecular flexibility index (Phi) is 6.81. The fraction of sp³-hybridized carbons (Fsp3) is 0.409. The molecular weight excluding hydrogens is 440 g/mol. The minimum Gasteiger partial charge on any atom is -0.482 e. The monoisotopic (exact) mass is 464 g/mol. The predicted octanol–water partition coefficient (Wildman–Crippen LogP) is 2.76. The molecule has 9 heteroatoms. The van der Waals surface area contributed by atoms with Crippen LogP contribution in [0.4, 0.5) is 0 Å². The lowest BCUT2D eigenvalue weighted by Crippen LogP contribution is -2.43. The average Bonchev–Trinajstić information content (AvgIpc) is 3.30. The summed E-state index contributed by atoms with van der Waals surface area (Å²) in [4.78, 5) is 14.1. The minimum atomic E-state index is -3.83. The van der Waals surface area contributed by atoms with E-state index in [4.69, 9.17) is 21.1 Å². The summed E-state index contributed by atoms with van der Waals surface area (Å²) in [5, 5.41) is 0.296. The Morgan fingerprint density at radius 2 is 1.84 bits per heavy atom. The number of hydrogen-bond acceptors (Lipinski definition) is 5. The summed E-state index contributed by atoms with van der Waals surface area (Å²) in [5.41, 5.74) is 1.12. The summed E-state index contributed by atoms with van der Waals surface area (Å²) >= 11 is 6.11. The smallest absolute Gasteiger partial charge is 0.260 e. The number of carbonyl (C=O) groups excluding carboxylic acids is 1. The second-order valence-corrected chi connectivity index (χ2v) is 9.98. The van der Waals surface area contributed by atoms with E-state index in [0.29, 0.717) is 44.4 Å². The van der Waals surface area contributed by atoms with E-state index in [1.807, 2.05) is 30.3 Å². The molecule has 0 aromatic heterocycles. The summed E-state index contributed by atoms with van der Waals surface area (Å²) in [5.74, 6) is 0.0727. The van der Waals surface area contributed by atoms with Crippen LogP contribution in [-0.2, 0) is 19.6 Å². The molecule has 0 bridgehead atoms. The number of nitrogens with zero attached hydrogens (tertiary/aromatic N) is 2. The van der Waals surface area contributed by atoms with E-state index < -0.39 is 10.0 Å². The van der Waals surface area contributed by atoms with Crippen molar-refractivity contribution in [1.29, 1.82) is 0 Å². The van der Waals surface area contributed by atoms with Gasteiger partial charge in [0.25, 0.3) is 5.91 Å². The Morgan fingerprint density at radius 3 is 2.58 bits per heavy atom. The standard InChI is InChI=1S/C22H25ClN2O5S/c23-19-6-7-20(30-16-22(26)24-10-12-29-13-11-24)21(14-19)31(27,28)25-9-8-18(15-25)17-4-2-1-3-5-17/h1-7,14,18H,8-13,15-16H2. The summed E-state index contributed by atoms with van der Waals surface area (Å²) in [6.07, 6.45) is 0.746. The quantitative estimate of drug-likeness (QED) is 0.657. The first-order chi connectivity index (χ1) is 14.9. The number of amides is 1. The van der Waals surface area contributed by atoms with Crippen molar-refractivity contribution >= 4 is 27.5 Å². The third-order valence-electron chi connectivity index (χ3n) is 5.66. The van der Waals surface area contributed by atoms with Gasteiger partial charge < -0.3 is 14.4 Å². The van der Waals surface area contributed by atoms with Gasteiger partial charge in [-0.1, -0.05) is 41.9 Å². The third-order valence-corrected chi connectivity index (χ3v) is 7.78. The van der Waals surface area contributed by atoms with Crippen molar-refractivity contribution in [2.75, 3.05) is 46.0 Å². The molecule has 0 spiro atoms. The SMILES string of the molecule is O=C(COc1ccc(Cl)cc1S(=O)(=O)N1CCC(c2ccccc2)C1)N1CCOCC1. The summed E-state index contributed by atoms with van der Waals surface area (Å²) in [7, 11) is -3.83. The molecule has 4 rings (SSSR count). The molecule has 7 nitrogen and oxygen atoms in total. The molecule has 0 N–H and O–H groups in total. The van der Waals surface area contributed by atoms with E-state index >= 15 is 0 Å². The zero-order valence-electron chi connectivity index (χ0n) is 17.1. The summed E-state index contributed by atoms with van der Waals surface area (Å²) in [6, 6.07) is 14.4. The van der Waals surface area contributed by atoms with Crippen molar-refractivity contribution in [3.05, 3.63) is 59.1 Å². The molecule has 2 aliphatic heterocycles. The minimum absolute atomic E-state index is 0.0107. The zero-order valence-corrected chi connectivity index (χ0v) is 18.6. The van der Waals surface area contributed by atoms with Crippen LogP contribution in [0.15, 0.2) is 53.4 Å². The second kappa shape index (κ2) is 9.56. The van der Waals surface area contributed by atoms with Gasteiger partial charge in [0, 0.05) is 31.2 Å². The molecule has 2 fully saturated rings. The Bertz CT molecular complexity index is 1030. The van der Waals surface area contributed by atoms with Gasteiger partial charge in [0.1, 0.15) is 10.6 Å². The van der Waals surface area contributed by atoms with Crippen LogP contribution in [0.2, 0.25) is 5.02 Å². The average molecular weight is 465 g/mol. The van der Waals surface area contributed by atoms with E-state index in [-0.39, 0.29) is 29.1 Å². The van der Waals surface area contributed by atoms with E-state index in [9.17, 15) is 13.2 Å². The van der Waals surface area contributed by atoms with Gasteiger partial charge in [0.05, 0.1) is 13.2 Å². The maximum absolute atomic E-state index is 13.4. The molecule has 2 aromatic carbocycles. The van der Waals surface area contributed by atoms with E-state index in [2.05, 4.69) is 0 Å². The lowest BCUT2D eigenvalue weighted by atomic mass is 9.99. The van der Waals surface area contributed by atoms with Crippen LogP contribution < -0.4 is 4.74 Å². The number of morpholine rings is 1. The molecule has 2 saturated heterocycles. The second-order valence-electron chi connectivity index (χ2n) is 7.63. The van der Waals surface area contributed by atoms with Crippen LogP contribution in [0.25, 0.3) is 0 Å². The van der Waals surface area contributed by atoms with Gasteiger partial charge in [-0.25, -0.2) is 8.42 Å². The first-order valence-corrected chi connectivity index (χ1v) is 12.1. The molecule has 1 atom stereocenters. The van der Waals surface area contributed by atoms with Gasteiger partial charge in [-0.2, -0.15) is 4.31 Å². The highest BCUT2D eigenvalue weighted by Gasteiger charge is 2.35. The molecule has 2 aromatic rings. The highest BCUT2D eigenvalue weighted by Crippen LogP contribution is 2.35. The van der Waals surface area contributed by atoms with Gasteiger partial charge in [-0.05, 0) is 36.1 Å². The number of rotatable bonds is 6. The van der Waals surface area contributed by atoms with Crippen LogP contribution in [0.1, 0.15) is 17.9 Å². The number of halogens is 1. The summed E-state index contributed by atoms with van der Waals surface area (Å²) < 4.78 is 39.2. The van der Waals surface area contributed by atoms with Crippen LogP contribution >= 0.6 is 11.6 Å². The molecule has 0 radical (unpaired) electrons. The zero-order chi connectivity index (χ0) is 21.8. The van der Waals surface area contributed by atoms with Crippen LogP contribution in [0.5, 0.6) is 5.75 Å². The Morgan fingerprint density at radius 1 is 1.10 bits per heavy atom. The number of hydrogen-bond donors (Lipinski definition) is 0. The third kappa shape index (κ3) is 5.03. The fourth-order valence-corrected chi connectivity index (χ4v) is 5.82. The van der Waals surface area contributed by atoms with E-state index in [1.54, 1.807) is 11.0 Å². The molecule has 2 aliphatic rings. The first-order valence-electron chi connectivity index (χ1n) is 10.3. The number of carbonyl (C=O) groups is 1. The highest BCUT2D eigenvalue weighted by molar-refractivity contribution is 7.89. The number of ether oxygens (including phenoxy) is 2. The maximum Gasteiger partial charge on any atom is 0.260 e. The van der Waals surface area contributed by atoms with Gasteiger partial charge in [0.2, 0.25) is 10.0 Å². The highest BCUT2D eigenvalue weighted by atomic mass is 35.5. The van der Waals surface area contributed by atoms with Crippen molar-refractivity contribution in [3.63, 3.8) is 0 Å². The molecule has 0 aliphatic carbocycles. The number of sulfonamides is 1. The number of benzene rings is 2. The maximum atomic E-state index is 13.4. The first kappa shape index (κ1) is 22.1.